The lowest BCUT2D eigenvalue weighted by molar-refractivity contribution is 0.461. The fraction of sp³-hybridized carbons (Fsp3) is 0.643. The summed E-state index contributed by atoms with van der Waals surface area (Å²) in [5.74, 6) is 0. The van der Waals surface area contributed by atoms with Gasteiger partial charge in [0.25, 0.3) is 0 Å². The summed E-state index contributed by atoms with van der Waals surface area (Å²) in [5.41, 5.74) is 1.44. The Kier molecular flexibility index (Phi) is 6.16. The fourth-order valence-corrected chi connectivity index (χ4v) is 1.82. The quantitative estimate of drug-likeness (QED) is 0.676. The first-order valence-electron chi connectivity index (χ1n) is 6.42. The molecule has 0 amide bonds. The molecule has 1 aromatic heterocycles. The van der Waals surface area contributed by atoms with Gasteiger partial charge in [-0.2, -0.15) is 0 Å². The first-order valence-corrected chi connectivity index (χ1v) is 6.42. The van der Waals surface area contributed by atoms with Gasteiger partial charge in [0, 0.05) is 24.4 Å². The van der Waals surface area contributed by atoms with Gasteiger partial charge in [0.05, 0.1) is 0 Å². The van der Waals surface area contributed by atoms with Gasteiger partial charge in [0.15, 0.2) is 0 Å². The number of hydrogen-bond donors (Lipinski definition) is 2. The predicted octanol–water partition coefficient (Wildman–Crippen LogP) is 1.95. The van der Waals surface area contributed by atoms with Crippen molar-refractivity contribution in [1.82, 2.24) is 15.6 Å². The van der Waals surface area contributed by atoms with E-state index in [0.29, 0.717) is 0 Å². The second-order valence-corrected chi connectivity index (χ2v) is 5.11. The molecule has 0 aliphatic carbocycles. The lowest BCUT2D eigenvalue weighted by Crippen LogP contribution is -2.33. The van der Waals surface area contributed by atoms with E-state index in [9.17, 15) is 0 Å². The largest absolute Gasteiger partial charge is 0.320 e. The molecule has 0 bridgehead atoms. The second kappa shape index (κ2) is 7.41. The van der Waals surface area contributed by atoms with Gasteiger partial charge in [0.1, 0.15) is 0 Å². The van der Waals surface area contributed by atoms with E-state index in [1.807, 2.05) is 25.5 Å². The molecule has 1 heterocycles. The average Bonchev–Trinajstić information content (AvgIpc) is 2.35. The summed E-state index contributed by atoms with van der Waals surface area (Å²) in [5, 5.41) is 6.69. The highest BCUT2D eigenvalue weighted by Gasteiger charge is 2.19. The van der Waals surface area contributed by atoms with E-state index in [0.717, 1.165) is 19.6 Å². The first-order chi connectivity index (χ1) is 8.17. The summed E-state index contributed by atoms with van der Waals surface area (Å²) in [6, 6.07) is 4.15. The van der Waals surface area contributed by atoms with Gasteiger partial charge < -0.3 is 10.6 Å². The van der Waals surface area contributed by atoms with Crippen LogP contribution in [0.25, 0.3) is 0 Å². The number of unbranched alkanes of at least 4 members (excludes halogenated alkanes) is 1. The minimum absolute atomic E-state index is 0.150. The molecular weight excluding hydrogens is 210 g/mol. The molecule has 0 radical (unpaired) electrons. The summed E-state index contributed by atoms with van der Waals surface area (Å²) >= 11 is 0. The molecule has 0 unspecified atom stereocenters. The Morgan fingerprint density at radius 2 is 2.00 bits per heavy atom. The van der Waals surface area contributed by atoms with Crippen molar-refractivity contribution in [2.24, 2.45) is 0 Å². The van der Waals surface area contributed by atoms with Crippen LogP contribution in [-0.4, -0.2) is 31.7 Å². The topological polar surface area (TPSA) is 37.0 Å². The molecule has 0 saturated heterocycles. The van der Waals surface area contributed by atoms with Crippen molar-refractivity contribution in [1.29, 1.82) is 0 Å². The molecule has 0 spiro atoms. The Labute approximate surface area is 105 Å². The minimum atomic E-state index is 0.150. The molecule has 0 fully saturated rings. The fourth-order valence-electron chi connectivity index (χ4n) is 1.82. The molecule has 1 rings (SSSR count). The molecule has 17 heavy (non-hydrogen) atoms. The number of aromatic nitrogens is 1. The van der Waals surface area contributed by atoms with Gasteiger partial charge in [-0.15, -0.1) is 0 Å². The lowest BCUT2D eigenvalue weighted by Gasteiger charge is -2.25. The molecule has 0 aliphatic rings. The van der Waals surface area contributed by atoms with E-state index in [-0.39, 0.29) is 5.41 Å². The van der Waals surface area contributed by atoms with Gasteiger partial charge in [0.2, 0.25) is 0 Å². The third kappa shape index (κ3) is 5.29. The number of pyridine rings is 1. The predicted molar refractivity (Wildman–Crippen MR) is 73.3 cm³/mol. The van der Waals surface area contributed by atoms with E-state index >= 15 is 0 Å². The number of rotatable bonds is 8. The highest BCUT2D eigenvalue weighted by Crippen LogP contribution is 2.20. The molecule has 2 N–H and O–H groups in total. The third-order valence-corrected chi connectivity index (χ3v) is 3.04. The van der Waals surface area contributed by atoms with Crippen molar-refractivity contribution in [3.8, 4) is 0 Å². The van der Waals surface area contributed by atoms with Crippen molar-refractivity contribution < 1.29 is 0 Å². The van der Waals surface area contributed by atoms with Crippen molar-refractivity contribution in [2.75, 3.05) is 26.7 Å². The molecule has 3 heteroatoms. The Balaban J connectivity index is 2.26. The third-order valence-electron chi connectivity index (χ3n) is 3.04. The van der Waals surface area contributed by atoms with Crippen LogP contribution in [0.1, 0.15) is 32.3 Å². The van der Waals surface area contributed by atoms with E-state index in [2.05, 4.69) is 35.5 Å². The number of nitrogens with zero attached hydrogens (tertiary/aromatic N) is 1. The minimum Gasteiger partial charge on any atom is -0.320 e. The highest BCUT2D eigenvalue weighted by atomic mass is 14.9. The van der Waals surface area contributed by atoms with Crippen LogP contribution >= 0.6 is 0 Å². The summed E-state index contributed by atoms with van der Waals surface area (Å²) in [6.45, 7) is 7.70. The first kappa shape index (κ1) is 14.1. The van der Waals surface area contributed by atoms with Crippen LogP contribution < -0.4 is 10.6 Å². The number of nitrogens with one attached hydrogen (secondary N) is 2. The van der Waals surface area contributed by atoms with Crippen molar-refractivity contribution in [3.05, 3.63) is 30.1 Å². The average molecular weight is 235 g/mol. The zero-order valence-corrected chi connectivity index (χ0v) is 11.3. The maximum Gasteiger partial charge on any atom is 0.0305 e. The van der Waals surface area contributed by atoms with Gasteiger partial charge >= 0.3 is 0 Å². The zero-order valence-electron chi connectivity index (χ0n) is 11.3. The Bertz CT molecular complexity index is 296. The van der Waals surface area contributed by atoms with Gasteiger partial charge in [-0.25, -0.2) is 0 Å². The van der Waals surface area contributed by atoms with Crippen molar-refractivity contribution in [3.63, 3.8) is 0 Å². The maximum absolute atomic E-state index is 4.18. The zero-order chi connectivity index (χ0) is 12.6. The van der Waals surface area contributed by atoms with Gasteiger partial charge in [-0.1, -0.05) is 19.9 Å². The standard InChI is InChI=1S/C14H25N3/c1-14(2,13-7-6-10-16-11-13)12-17-9-5-4-8-15-3/h6-7,10-11,15,17H,4-5,8-9,12H2,1-3H3. The van der Waals surface area contributed by atoms with Crippen LogP contribution in [0.3, 0.4) is 0 Å². The van der Waals surface area contributed by atoms with E-state index in [1.54, 1.807) is 0 Å². The monoisotopic (exact) mass is 235 g/mol. The SMILES string of the molecule is CNCCCCNCC(C)(C)c1cccnc1. The maximum atomic E-state index is 4.18. The van der Waals surface area contributed by atoms with E-state index < -0.39 is 0 Å². The molecule has 96 valence electrons. The highest BCUT2D eigenvalue weighted by molar-refractivity contribution is 5.19. The normalized spacial score (nSPS) is 11.7. The molecule has 1 aromatic rings. The molecule has 0 atom stereocenters. The Morgan fingerprint density at radius 3 is 2.65 bits per heavy atom. The van der Waals surface area contributed by atoms with Crippen LogP contribution in [0.2, 0.25) is 0 Å². The van der Waals surface area contributed by atoms with E-state index in [1.165, 1.54) is 18.4 Å². The molecule has 0 aromatic carbocycles. The Hall–Kier alpha value is -0.930. The lowest BCUT2D eigenvalue weighted by atomic mass is 9.86. The summed E-state index contributed by atoms with van der Waals surface area (Å²) in [6.07, 6.45) is 6.24. The van der Waals surface area contributed by atoms with Crippen LogP contribution in [0.4, 0.5) is 0 Å². The molecule has 0 saturated carbocycles. The van der Waals surface area contributed by atoms with Crippen molar-refractivity contribution in [2.45, 2.75) is 32.1 Å². The number of hydrogen-bond acceptors (Lipinski definition) is 3. The van der Waals surface area contributed by atoms with Gasteiger partial charge in [-0.05, 0) is 44.6 Å². The smallest absolute Gasteiger partial charge is 0.0305 e. The van der Waals surface area contributed by atoms with Crippen LogP contribution in [-0.2, 0) is 5.41 Å². The summed E-state index contributed by atoms with van der Waals surface area (Å²) in [7, 11) is 2.00. The van der Waals surface area contributed by atoms with Crippen LogP contribution in [0.5, 0.6) is 0 Å². The summed E-state index contributed by atoms with van der Waals surface area (Å²) in [4.78, 5) is 4.18. The molecule has 0 aliphatic heterocycles. The van der Waals surface area contributed by atoms with Crippen LogP contribution in [0, 0.1) is 0 Å². The van der Waals surface area contributed by atoms with E-state index in [4.69, 9.17) is 0 Å². The van der Waals surface area contributed by atoms with Crippen molar-refractivity contribution >= 4 is 0 Å². The van der Waals surface area contributed by atoms with Gasteiger partial charge in [-0.3, -0.25) is 4.98 Å². The van der Waals surface area contributed by atoms with Crippen LogP contribution in [0.15, 0.2) is 24.5 Å². The molecule has 3 nitrogen and oxygen atoms in total. The summed E-state index contributed by atoms with van der Waals surface area (Å²) < 4.78 is 0. The Morgan fingerprint density at radius 1 is 1.24 bits per heavy atom. The second-order valence-electron chi connectivity index (χ2n) is 5.11. The molecular formula is C14H25N3.